The number of hydrogen-bond acceptors (Lipinski definition) is 1. The summed E-state index contributed by atoms with van der Waals surface area (Å²) in [6.07, 6.45) is 0. The second-order valence-electron chi connectivity index (χ2n) is 6.85. The van der Waals surface area contributed by atoms with E-state index in [-0.39, 0.29) is 6.03 Å². The molecule has 0 radical (unpaired) electrons. The molecule has 3 aromatic carbocycles. The molecule has 0 aromatic heterocycles. The van der Waals surface area contributed by atoms with Gasteiger partial charge in [0.1, 0.15) is 6.54 Å². The average Bonchev–Trinajstić information content (AvgIpc) is 2.70. The van der Waals surface area contributed by atoms with Crippen LogP contribution in [-0.2, 0) is 6.54 Å². The van der Waals surface area contributed by atoms with E-state index in [0.29, 0.717) is 0 Å². The molecule has 4 heteroatoms. The van der Waals surface area contributed by atoms with Gasteiger partial charge in [-0.1, -0.05) is 60.7 Å². The van der Waals surface area contributed by atoms with Crippen molar-refractivity contribution < 1.29 is 9.69 Å². The lowest BCUT2D eigenvalue weighted by Crippen LogP contribution is -3.13. The van der Waals surface area contributed by atoms with Crippen molar-refractivity contribution in [3.05, 3.63) is 78.4 Å². The van der Waals surface area contributed by atoms with Crippen LogP contribution in [0.3, 0.4) is 0 Å². The highest BCUT2D eigenvalue weighted by atomic mass is 16.2. The first-order valence-electron chi connectivity index (χ1n) is 9.21. The zero-order valence-electron chi connectivity index (χ0n) is 14.8. The van der Waals surface area contributed by atoms with Crippen molar-refractivity contribution in [1.82, 2.24) is 4.90 Å². The molecule has 1 fully saturated rings. The normalized spacial score (nSPS) is 15.2. The summed E-state index contributed by atoms with van der Waals surface area (Å²) >= 11 is 0. The first-order chi connectivity index (χ1) is 12.8. The molecule has 0 aliphatic carbocycles. The lowest BCUT2D eigenvalue weighted by Gasteiger charge is -2.32. The van der Waals surface area contributed by atoms with Crippen LogP contribution < -0.4 is 10.2 Å². The van der Waals surface area contributed by atoms with Gasteiger partial charge >= 0.3 is 6.03 Å². The number of carbonyl (C=O) groups is 1. The molecule has 2 N–H and O–H groups in total. The predicted octanol–water partition coefficient (Wildman–Crippen LogP) is 2.77. The molecule has 4 rings (SSSR count). The van der Waals surface area contributed by atoms with E-state index in [0.717, 1.165) is 38.4 Å². The molecular formula is C22H24N3O+. The van der Waals surface area contributed by atoms with E-state index in [2.05, 4.69) is 47.8 Å². The summed E-state index contributed by atoms with van der Waals surface area (Å²) in [4.78, 5) is 15.9. The lowest BCUT2D eigenvalue weighted by molar-refractivity contribution is -0.917. The maximum Gasteiger partial charge on any atom is 0.322 e. The quantitative estimate of drug-likeness (QED) is 0.752. The molecule has 2 amide bonds. The van der Waals surface area contributed by atoms with Crippen molar-refractivity contribution in [2.45, 2.75) is 6.54 Å². The Morgan fingerprint density at radius 1 is 0.885 bits per heavy atom. The van der Waals surface area contributed by atoms with Crippen LogP contribution in [-0.4, -0.2) is 37.1 Å². The number of fused-ring (bicyclic) bond motifs is 1. The van der Waals surface area contributed by atoms with Crippen LogP contribution in [0.2, 0.25) is 0 Å². The average molecular weight is 346 g/mol. The number of para-hydroxylation sites is 1. The number of quaternary nitrogens is 1. The summed E-state index contributed by atoms with van der Waals surface area (Å²) in [5.74, 6) is 0. The molecule has 0 spiro atoms. The van der Waals surface area contributed by atoms with Gasteiger partial charge in [0.2, 0.25) is 0 Å². The second kappa shape index (κ2) is 7.58. The maximum atomic E-state index is 12.4. The SMILES string of the molecule is O=C(Nc1ccccc1)N1CC[NH+](Cc2cccc3ccccc23)CC1. The number of urea groups is 1. The third kappa shape index (κ3) is 3.70. The van der Waals surface area contributed by atoms with Crippen LogP contribution in [0.4, 0.5) is 10.5 Å². The van der Waals surface area contributed by atoms with Crippen LogP contribution >= 0.6 is 0 Å². The molecule has 1 heterocycles. The van der Waals surface area contributed by atoms with Gasteiger partial charge in [-0.05, 0) is 22.9 Å². The lowest BCUT2D eigenvalue weighted by atomic mass is 10.0. The zero-order valence-corrected chi connectivity index (χ0v) is 14.8. The van der Waals surface area contributed by atoms with Crippen LogP contribution in [0, 0.1) is 0 Å². The summed E-state index contributed by atoms with van der Waals surface area (Å²) in [6, 6.07) is 24.7. The minimum Gasteiger partial charge on any atom is -0.328 e. The second-order valence-corrected chi connectivity index (χ2v) is 6.85. The minimum atomic E-state index is 0.000380. The molecule has 26 heavy (non-hydrogen) atoms. The highest BCUT2D eigenvalue weighted by Gasteiger charge is 2.24. The number of rotatable bonds is 3. The Kier molecular flexibility index (Phi) is 4.84. The molecule has 3 aromatic rings. The monoisotopic (exact) mass is 346 g/mol. The maximum absolute atomic E-state index is 12.4. The molecule has 1 aliphatic heterocycles. The number of hydrogen-bond donors (Lipinski definition) is 2. The van der Waals surface area contributed by atoms with Crippen LogP contribution in [0.25, 0.3) is 10.8 Å². The fourth-order valence-electron chi connectivity index (χ4n) is 3.64. The Balaban J connectivity index is 1.35. The highest BCUT2D eigenvalue weighted by Crippen LogP contribution is 2.17. The number of nitrogens with one attached hydrogen (secondary N) is 2. The third-order valence-electron chi connectivity index (χ3n) is 5.10. The molecule has 1 saturated heterocycles. The van der Waals surface area contributed by atoms with E-state index in [9.17, 15) is 4.79 Å². The molecule has 1 aliphatic rings. The predicted molar refractivity (Wildman–Crippen MR) is 105 cm³/mol. The van der Waals surface area contributed by atoms with Crippen molar-refractivity contribution >= 4 is 22.5 Å². The van der Waals surface area contributed by atoms with Gasteiger partial charge in [-0.25, -0.2) is 4.79 Å². The molecule has 0 bridgehead atoms. The Morgan fingerprint density at radius 2 is 1.58 bits per heavy atom. The number of piperazine rings is 1. The van der Waals surface area contributed by atoms with Crippen molar-refractivity contribution in [2.24, 2.45) is 0 Å². The topological polar surface area (TPSA) is 36.8 Å². The van der Waals surface area contributed by atoms with Crippen molar-refractivity contribution in [3.8, 4) is 0 Å². The molecule has 0 saturated carbocycles. The van der Waals surface area contributed by atoms with Gasteiger partial charge in [0.05, 0.1) is 26.2 Å². The van der Waals surface area contributed by atoms with Gasteiger partial charge in [-0.2, -0.15) is 0 Å². The van der Waals surface area contributed by atoms with Gasteiger partial charge in [0, 0.05) is 11.3 Å². The summed E-state index contributed by atoms with van der Waals surface area (Å²) in [6.45, 7) is 4.55. The van der Waals surface area contributed by atoms with Crippen LogP contribution in [0.1, 0.15) is 5.56 Å². The van der Waals surface area contributed by atoms with Crippen molar-refractivity contribution in [3.63, 3.8) is 0 Å². The zero-order chi connectivity index (χ0) is 17.8. The first-order valence-corrected chi connectivity index (χ1v) is 9.21. The van der Waals surface area contributed by atoms with E-state index < -0.39 is 0 Å². The summed E-state index contributed by atoms with van der Waals surface area (Å²) < 4.78 is 0. The number of benzene rings is 3. The first kappa shape index (κ1) is 16.6. The van der Waals surface area contributed by atoms with Crippen LogP contribution in [0.15, 0.2) is 72.8 Å². The van der Waals surface area contributed by atoms with Crippen molar-refractivity contribution in [1.29, 1.82) is 0 Å². The third-order valence-corrected chi connectivity index (χ3v) is 5.10. The molecule has 0 unspecified atom stereocenters. The number of anilines is 1. The van der Waals surface area contributed by atoms with E-state index in [4.69, 9.17) is 0 Å². The van der Waals surface area contributed by atoms with E-state index in [1.807, 2.05) is 35.2 Å². The molecule has 0 atom stereocenters. The number of amides is 2. The highest BCUT2D eigenvalue weighted by molar-refractivity contribution is 5.89. The molecule has 4 nitrogen and oxygen atoms in total. The van der Waals surface area contributed by atoms with E-state index in [1.54, 1.807) is 0 Å². The molecular weight excluding hydrogens is 322 g/mol. The van der Waals surface area contributed by atoms with E-state index in [1.165, 1.54) is 21.2 Å². The van der Waals surface area contributed by atoms with Crippen molar-refractivity contribution in [2.75, 3.05) is 31.5 Å². The van der Waals surface area contributed by atoms with Gasteiger partial charge in [-0.3, -0.25) is 0 Å². The Morgan fingerprint density at radius 3 is 2.38 bits per heavy atom. The largest absolute Gasteiger partial charge is 0.328 e. The standard InChI is InChI=1S/C22H23N3O/c26-22(23-20-10-2-1-3-11-20)25-15-13-24(14-16-25)17-19-9-6-8-18-7-4-5-12-21(18)19/h1-12H,13-17H2,(H,23,26)/p+1. The summed E-state index contributed by atoms with van der Waals surface area (Å²) in [7, 11) is 0. The molecule has 132 valence electrons. The number of carbonyl (C=O) groups excluding carboxylic acids is 1. The van der Waals surface area contributed by atoms with Gasteiger partial charge < -0.3 is 15.1 Å². The van der Waals surface area contributed by atoms with Crippen LogP contribution in [0.5, 0.6) is 0 Å². The van der Waals surface area contributed by atoms with Gasteiger partial charge in [0.25, 0.3) is 0 Å². The Bertz CT molecular complexity index is 881. The fourth-order valence-corrected chi connectivity index (χ4v) is 3.64. The summed E-state index contributed by atoms with van der Waals surface area (Å²) in [5, 5.41) is 5.61. The summed E-state index contributed by atoms with van der Waals surface area (Å²) in [5.41, 5.74) is 2.24. The Hall–Kier alpha value is -2.85. The van der Waals surface area contributed by atoms with E-state index >= 15 is 0 Å². The number of nitrogens with zero attached hydrogens (tertiary/aromatic N) is 1. The fraction of sp³-hybridized carbons (Fsp3) is 0.227. The Labute approximate surface area is 154 Å². The van der Waals surface area contributed by atoms with Gasteiger partial charge in [0.15, 0.2) is 0 Å². The minimum absolute atomic E-state index is 0.000380. The van der Waals surface area contributed by atoms with Gasteiger partial charge in [-0.15, -0.1) is 0 Å². The smallest absolute Gasteiger partial charge is 0.322 e.